The first-order valence-electron chi connectivity index (χ1n) is 9.74. The Morgan fingerprint density at radius 3 is 2.25 bits per heavy atom. The molecule has 1 saturated heterocycles. The molecule has 1 aliphatic rings. The van der Waals surface area contributed by atoms with Crippen LogP contribution in [0.4, 0.5) is 0 Å². The van der Waals surface area contributed by atoms with Crippen LogP contribution in [-0.2, 0) is 25.6 Å². The highest BCUT2D eigenvalue weighted by Gasteiger charge is 2.49. The van der Waals surface area contributed by atoms with Gasteiger partial charge in [0, 0.05) is 6.54 Å². The minimum atomic E-state index is -0.992. The maximum Gasteiger partial charge on any atom is 0.349 e. The Hall–Kier alpha value is -2.66. The van der Waals surface area contributed by atoms with E-state index in [-0.39, 0.29) is 18.5 Å². The quantitative estimate of drug-likeness (QED) is 0.714. The molecule has 1 heterocycles. The fourth-order valence-electron chi connectivity index (χ4n) is 3.81. The lowest BCUT2D eigenvalue weighted by molar-refractivity contribution is -0.192. The van der Waals surface area contributed by atoms with Crippen molar-refractivity contribution >= 4 is 11.9 Å². The summed E-state index contributed by atoms with van der Waals surface area (Å²) in [4.78, 5) is 27.6. The van der Waals surface area contributed by atoms with Gasteiger partial charge in [0.25, 0.3) is 0 Å². The zero-order chi connectivity index (χ0) is 20.1. The number of rotatable bonds is 6. The first kappa shape index (κ1) is 20.1. The van der Waals surface area contributed by atoms with E-state index < -0.39 is 24.2 Å². The van der Waals surface area contributed by atoms with Crippen LogP contribution in [0, 0.1) is 5.92 Å². The smallest absolute Gasteiger partial charge is 0.349 e. The maximum atomic E-state index is 12.9. The second-order valence-corrected chi connectivity index (χ2v) is 7.31. The van der Waals surface area contributed by atoms with Crippen LogP contribution >= 0.6 is 0 Å². The van der Waals surface area contributed by atoms with Gasteiger partial charge in [0.2, 0.25) is 6.10 Å². The third kappa shape index (κ3) is 4.25. The molecule has 28 heavy (non-hydrogen) atoms. The van der Waals surface area contributed by atoms with Crippen molar-refractivity contribution in [1.82, 2.24) is 4.90 Å². The Labute approximate surface area is 166 Å². The van der Waals surface area contributed by atoms with Gasteiger partial charge in [-0.3, -0.25) is 9.69 Å². The van der Waals surface area contributed by atoms with Crippen LogP contribution in [0.15, 0.2) is 60.7 Å². The fraction of sp³-hybridized carbons (Fsp3) is 0.391. The Balaban J connectivity index is 2.07. The highest BCUT2D eigenvalue weighted by Crippen LogP contribution is 2.37. The lowest BCUT2D eigenvalue weighted by Gasteiger charge is -2.45. The molecule has 3 atom stereocenters. The number of benzene rings is 2. The van der Waals surface area contributed by atoms with E-state index in [1.54, 1.807) is 6.92 Å². The number of nitrogens with zero attached hydrogens (tertiary/aromatic N) is 1. The molecule has 0 spiro atoms. The molecular formula is C23H27NO4. The summed E-state index contributed by atoms with van der Waals surface area (Å²) in [5.41, 5.74) is 2.00. The van der Waals surface area contributed by atoms with Crippen LogP contribution < -0.4 is 0 Å². The predicted molar refractivity (Wildman–Crippen MR) is 106 cm³/mol. The lowest BCUT2D eigenvalue weighted by atomic mass is 9.90. The number of ether oxygens (including phenoxy) is 2. The molecule has 1 fully saturated rings. The normalized spacial score (nSPS) is 22.7. The molecule has 0 N–H and O–H groups in total. The summed E-state index contributed by atoms with van der Waals surface area (Å²) in [7, 11) is 0. The fourth-order valence-corrected chi connectivity index (χ4v) is 3.81. The molecule has 0 radical (unpaired) electrons. The number of carbonyl (C=O) groups excluding carboxylic acids is 2. The third-order valence-electron chi connectivity index (χ3n) is 4.99. The van der Waals surface area contributed by atoms with Gasteiger partial charge in [-0.2, -0.15) is 0 Å². The van der Waals surface area contributed by atoms with E-state index in [1.165, 1.54) is 0 Å². The minimum Gasteiger partial charge on any atom is -0.463 e. The number of hydrogen-bond acceptors (Lipinski definition) is 5. The molecule has 1 unspecified atom stereocenters. The van der Waals surface area contributed by atoms with Gasteiger partial charge in [0.05, 0.1) is 12.6 Å². The second-order valence-electron chi connectivity index (χ2n) is 7.31. The highest BCUT2D eigenvalue weighted by atomic mass is 16.6. The molecule has 0 aliphatic carbocycles. The zero-order valence-corrected chi connectivity index (χ0v) is 16.6. The summed E-state index contributed by atoms with van der Waals surface area (Å²) < 4.78 is 10.9. The zero-order valence-electron chi connectivity index (χ0n) is 16.6. The molecule has 2 aromatic rings. The summed E-state index contributed by atoms with van der Waals surface area (Å²) in [6, 6.07) is 18.8. The second kappa shape index (κ2) is 9.02. The summed E-state index contributed by atoms with van der Waals surface area (Å²) in [6.45, 7) is 6.51. The highest BCUT2D eigenvalue weighted by molar-refractivity contribution is 5.84. The van der Waals surface area contributed by atoms with Crippen LogP contribution in [-0.4, -0.2) is 35.6 Å². The Morgan fingerprint density at radius 1 is 1.07 bits per heavy atom. The van der Waals surface area contributed by atoms with Crippen LogP contribution in [0.25, 0.3) is 0 Å². The van der Waals surface area contributed by atoms with Crippen LogP contribution in [0.2, 0.25) is 0 Å². The van der Waals surface area contributed by atoms with E-state index in [4.69, 9.17) is 9.47 Å². The minimum absolute atomic E-state index is 0.0329. The molecule has 0 amide bonds. The van der Waals surface area contributed by atoms with E-state index in [1.807, 2.05) is 74.5 Å². The van der Waals surface area contributed by atoms with Gasteiger partial charge in [-0.15, -0.1) is 0 Å². The van der Waals surface area contributed by atoms with Gasteiger partial charge in [-0.05, 0) is 24.0 Å². The van der Waals surface area contributed by atoms with Gasteiger partial charge >= 0.3 is 11.9 Å². The molecule has 2 aromatic carbocycles. The molecular weight excluding hydrogens is 354 g/mol. The van der Waals surface area contributed by atoms with Gasteiger partial charge in [-0.25, -0.2) is 4.79 Å². The van der Waals surface area contributed by atoms with E-state index in [2.05, 4.69) is 4.90 Å². The Kier molecular flexibility index (Phi) is 6.47. The molecule has 0 bridgehead atoms. The standard InChI is InChI=1S/C23H27NO4/c1-4-27-23(26)21-20(18-13-9-6-10-14-18)24(15-17-11-7-5-8-12-17)19(16(2)3)22(25)28-21/h5-14,16,19-21H,4,15H2,1-3H3/t19?,20-,21-/m1/s1. The SMILES string of the molecule is CCOC(=O)[C@@H]1OC(=O)C(C(C)C)N(Cc2ccccc2)[C@@H]1c1ccccc1. The molecule has 148 valence electrons. The molecule has 5 nitrogen and oxygen atoms in total. The van der Waals surface area contributed by atoms with Crippen molar-refractivity contribution in [2.24, 2.45) is 5.92 Å². The first-order valence-corrected chi connectivity index (χ1v) is 9.74. The monoisotopic (exact) mass is 381 g/mol. The summed E-state index contributed by atoms with van der Waals surface area (Å²) >= 11 is 0. The average Bonchev–Trinajstić information content (AvgIpc) is 2.69. The van der Waals surface area contributed by atoms with Crippen molar-refractivity contribution in [2.75, 3.05) is 6.61 Å². The van der Waals surface area contributed by atoms with Crippen molar-refractivity contribution in [3.8, 4) is 0 Å². The lowest BCUT2D eigenvalue weighted by Crippen LogP contribution is -2.58. The number of morpholine rings is 1. The van der Waals surface area contributed by atoms with Crippen molar-refractivity contribution < 1.29 is 19.1 Å². The average molecular weight is 381 g/mol. The molecule has 0 aromatic heterocycles. The van der Waals surface area contributed by atoms with E-state index in [0.29, 0.717) is 6.54 Å². The van der Waals surface area contributed by atoms with E-state index >= 15 is 0 Å². The number of cyclic esters (lactones) is 1. The maximum absolute atomic E-state index is 12.9. The van der Waals surface area contributed by atoms with Crippen molar-refractivity contribution in [3.05, 3.63) is 71.8 Å². The number of esters is 2. The van der Waals surface area contributed by atoms with Gasteiger partial charge < -0.3 is 9.47 Å². The first-order chi connectivity index (χ1) is 13.5. The molecule has 0 saturated carbocycles. The summed E-state index contributed by atoms with van der Waals surface area (Å²) in [5.74, 6) is -0.855. The Morgan fingerprint density at radius 2 is 1.68 bits per heavy atom. The molecule has 1 aliphatic heterocycles. The van der Waals surface area contributed by atoms with Crippen LogP contribution in [0.1, 0.15) is 37.9 Å². The third-order valence-corrected chi connectivity index (χ3v) is 4.99. The van der Waals surface area contributed by atoms with Gasteiger partial charge in [0.15, 0.2) is 0 Å². The number of carbonyl (C=O) groups is 2. The van der Waals surface area contributed by atoms with Gasteiger partial charge in [-0.1, -0.05) is 74.5 Å². The van der Waals surface area contributed by atoms with Crippen LogP contribution in [0.5, 0.6) is 0 Å². The van der Waals surface area contributed by atoms with Crippen molar-refractivity contribution in [1.29, 1.82) is 0 Å². The van der Waals surface area contributed by atoms with E-state index in [9.17, 15) is 9.59 Å². The van der Waals surface area contributed by atoms with Crippen LogP contribution in [0.3, 0.4) is 0 Å². The van der Waals surface area contributed by atoms with Crippen molar-refractivity contribution in [3.63, 3.8) is 0 Å². The summed E-state index contributed by atoms with van der Waals surface area (Å²) in [6.07, 6.45) is -0.992. The largest absolute Gasteiger partial charge is 0.463 e. The molecule has 5 heteroatoms. The molecule has 3 rings (SSSR count). The topological polar surface area (TPSA) is 55.8 Å². The number of hydrogen-bond donors (Lipinski definition) is 0. The Bertz CT molecular complexity index is 791. The predicted octanol–water partition coefficient (Wildman–Crippen LogP) is 3.74. The van der Waals surface area contributed by atoms with Crippen molar-refractivity contribution in [2.45, 2.75) is 45.5 Å². The summed E-state index contributed by atoms with van der Waals surface area (Å²) in [5, 5.41) is 0. The van der Waals surface area contributed by atoms with Gasteiger partial charge in [0.1, 0.15) is 6.04 Å². The van der Waals surface area contributed by atoms with E-state index in [0.717, 1.165) is 11.1 Å².